The summed E-state index contributed by atoms with van der Waals surface area (Å²) in [6, 6.07) is 4.94. The summed E-state index contributed by atoms with van der Waals surface area (Å²) in [4.78, 5) is 10.8. The first-order chi connectivity index (χ1) is 8.08. The van der Waals surface area contributed by atoms with E-state index >= 15 is 0 Å². The molecule has 92 valence electrons. The van der Waals surface area contributed by atoms with Gasteiger partial charge >= 0.3 is 5.97 Å². The Labute approximate surface area is 100 Å². The Kier molecular flexibility index (Phi) is 3.33. The van der Waals surface area contributed by atoms with Crippen molar-refractivity contribution in [3.05, 3.63) is 23.8 Å². The summed E-state index contributed by atoms with van der Waals surface area (Å²) in [5, 5.41) is 9.73. The summed E-state index contributed by atoms with van der Waals surface area (Å²) in [6.07, 6.45) is 3.52. The largest absolute Gasteiger partial charge is 0.504 e. The van der Waals surface area contributed by atoms with Gasteiger partial charge in [0.05, 0.1) is 0 Å². The lowest BCUT2D eigenvalue weighted by Gasteiger charge is -2.31. The molecule has 0 spiro atoms. The molecule has 0 aliphatic heterocycles. The van der Waals surface area contributed by atoms with E-state index in [9.17, 15) is 9.90 Å². The van der Waals surface area contributed by atoms with Crippen molar-refractivity contribution in [2.75, 3.05) is 0 Å². The Hall–Kier alpha value is -1.55. The number of nitrogens with two attached hydrogens (primary N) is 1. The van der Waals surface area contributed by atoms with Gasteiger partial charge in [0, 0.05) is 13.0 Å². The third-order valence-corrected chi connectivity index (χ3v) is 3.28. The van der Waals surface area contributed by atoms with Crippen LogP contribution in [0.2, 0.25) is 0 Å². The molecule has 2 rings (SSSR count). The summed E-state index contributed by atoms with van der Waals surface area (Å²) in [5.74, 6) is 0.208. The standard InChI is InChI=1S/C13H17NO3/c1-8(15)17-12-6-5-10(7-11(12)16)13(14)9-3-2-4-9/h5-7,9,13,16H,2-4,14H2,1H3/t13-/m0/s1. The van der Waals surface area contributed by atoms with Crippen LogP contribution in [-0.2, 0) is 4.79 Å². The Morgan fingerprint density at radius 2 is 2.24 bits per heavy atom. The first-order valence-electron chi connectivity index (χ1n) is 5.85. The molecule has 1 aliphatic rings. The second-order valence-corrected chi connectivity index (χ2v) is 4.54. The van der Waals surface area contributed by atoms with Crippen molar-refractivity contribution in [2.45, 2.75) is 32.2 Å². The van der Waals surface area contributed by atoms with Crippen molar-refractivity contribution >= 4 is 5.97 Å². The third-order valence-electron chi connectivity index (χ3n) is 3.28. The number of phenols is 1. The molecule has 0 amide bonds. The van der Waals surface area contributed by atoms with Gasteiger partial charge in [-0.15, -0.1) is 0 Å². The van der Waals surface area contributed by atoms with E-state index in [1.165, 1.54) is 13.3 Å². The number of benzene rings is 1. The van der Waals surface area contributed by atoms with Crippen LogP contribution in [0.1, 0.15) is 37.8 Å². The summed E-state index contributed by atoms with van der Waals surface area (Å²) in [7, 11) is 0. The number of carbonyl (C=O) groups is 1. The van der Waals surface area contributed by atoms with Crippen LogP contribution in [-0.4, -0.2) is 11.1 Å². The van der Waals surface area contributed by atoms with Crippen LogP contribution in [0.25, 0.3) is 0 Å². The van der Waals surface area contributed by atoms with Crippen molar-refractivity contribution in [1.82, 2.24) is 0 Å². The molecule has 1 saturated carbocycles. The highest BCUT2D eigenvalue weighted by Crippen LogP contribution is 2.38. The highest BCUT2D eigenvalue weighted by molar-refractivity contribution is 5.70. The first kappa shape index (κ1) is 11.9. The second kappa shape index (κ2) is 4.75. The SMILES string of the molecule is CC(=O)Oc1ccc([C@@H](N)C2CCC2)cc1O. The number of aromatic hydroxyl groups is 1. The fourth-order valence-corrected chi connectivity index (χ4v) is 2.05. The number of hydrogen-bond donors (Lipinski definition) is 2. The van der Waals surface area contributed by atoms with Crippen LogP contribution in [0.4, 0.5) is 0 Å². The van der Waals surface area contributed by atoms with Crippen LogP contribution >= 0.6 is 0 Å². The molecule has 0 aromatic heterocycles. The number of phenolic OH excluding ortho intramolecular Hbond substituents is 1. The van der Waals surface area contributed by atoms with Crippen LogP contribution in [0.3, 0.4) is 0 Å². The van der Waals surface area contributed by atoms with E-state index in [0.29, 0.717) is 5.92 Å². The maximum absolute atomic E-state index is 10.8. The lowest BCUT2D eigenvalue weighted by Crippen LogP contribution is -2.26. The molecule has 1 fully saturated rings. The summed E-state index contributed by atoms with van der Waals surface area (Å²) in [6.45, 7) is 1.30. The number of rotatable bonds is 3. The molecule has 17 heavy (non-hydrogen) atoms. The summed E-state index contributed by atoms with van der Waals surface area (Å²) < 4.78 is 4.85. The predicted octanol–water partition coefficient (Wildman–Crippen LogP) is 2.12. The first-order valence-corrected chi connectivity index (χ1v) is 5.85. The normalized spacial score (nSPS) is 17.3. The van der Waals surface area contributed by atoms with Crippen molar-refractivity contribution < 1.29 is 14.6 Å². The molecule has 3 N–H and O–H groups in total. The minimum Gasteiger partial charge on any atom is -0.504 e. The average molecular weight is 235 g/mol. The van der Waals surface area contributed by atoms with E-state index in [4.69, 9.17) is 10.5 Å². The fourth-order valence-electron chi connectivity index (χ4n) is 2.05. The summed E-state index contributed by atoms with van der Waals surface area (Å²) >= 11 is 0. The molecular weight excluding hydrogens is 218 g/mol. The number of esters is 1. The van der Waals surface area contributed by atoms with E-state index < -0.39 is 5.97 Å². The van der Waals surface area contributed by atoms with Crippen molar-refractivity contribution in [3.63, 3.8) is 0 Å². The Bertz CT molecular complexity index is 427. The van der Waals surface area contributed by atoms with E-state index in [2.05, 4.69) is 0 Å². The highest BCUT2D eigenvalue weighted by Gasteiger charge is 2.26. The zero-order valence-electron chi connectivity index (χ0n) is 9.85. The van der Waals surface area contributed by atoms with Crippen molar-refractivity contribution in [3.8, 4) is 11.5 Å². The van der Waals surface area contributed by atoms with Gasteiger partial charge in [0.25, 0.3) is 0 Å². The van der Waals surface area contributed by atoms with Gasteiger partial charge in [-0.25, -0.2) is 0 Å². The molecule has 0 heterocycles. The van der Waals surface area contributed by atoms with Gasteiger partial charge in [0.2, 0.25) is 0 Å². The zero-order valence-corrected chi connectivity index (χ0v) is 9.85. The molecule has 4 nitrogen and oxygen atoms in total. The monoisotopic (exact) mass is 235 g/mol. The second-order valence-electron chi connectivity index (χ2n) is 4.54. The van der Waals surface area contributed by atoms with Gasteiger partial charge in [-0.3, -0.25) is 4.79 Å². The predicted molar refractivity (Wildman–Crippen MR) is 63.7 cm³/mol. The molecule has 1 aromatic carbocycles. The topological polar surface area (TPSA) is 72.5 Å². The fraction of sp³-hybridized carbons (Fsp3) is 0.462. The lowest BCUT2D eigenvalue weighted by atomic mass is 9.77. The molecule has 0 unspecified atom stereocenters. The third kappa shape index (κ3) is 2.58. The Balaban J connectivity index is 2.14. The van der Waals surface area contributed by atoms with Crippen LogP contribution in [0.5, 0.6) is 11.5 Å². The minimum absolute atomic E-state index is 0.0347. The Morgan fingerprint density at radius 3 is 2.71 bits per heavy atom. The number of ether oxygens (including phenoxy) is 1. The van der Waals surface area contributed by atoms with E-state index in [-0.39, 0.29) is 17.5 Å². The number of carbonyl (C=O) groups excluding carboxylic acids is 1. The van der Waals surface area contributed by atoms with E-state index in [1.54, 1.807) is 18.2 Å². The minimum atomic E-state index is -0.448. The van der Waals surface area contributed by atoms with Gasteiger partial charge in [0.1, 0.15) is 0 Å². The Morgan fingerprint density at radius 1 is 1.53 bits per heavy atom. The highest BCUT2D eigenvalue weighted by atomic mass is 16.5. The lowest BCUT2D eigenvalue weighted by molar-refractivity contribution is -0.132. The van der Waals surface area contributed by atoms with Crippen molar-refractivity contribution in [1.29, 1.82) is 0 Å². The van der Waals surface area contributed by atoms with E-state index in [0.717, 1.165) is 18.4 Å². The van der Waals surface area contributed by atoms with Gasteiger partial charge in [-0.1, -0.05) is 12.5 Å². The van der Waals surface area contributed by atoms with Gasteiger partial charge in [-0.05, 0) is 36.5 Å². The molecule has 4 heteroatoms. The maximum Gasteiger partial charge on any atom is 0.308 e. The quantitative estimate of drug-likeness (QED) is 0.621. The smallest absolute Gasteiger partial charge is 0.308 e. The van der Waals surface area contributed by atoms with Gasteiger partial charge < -0.3 is 15.6 Å². The van der Waals surface area contributed by atoms with Gasteiger partial charge in [0.15, 0.2) is 11.5 Å². The van der Waals surface area contributed by atoms with Crippen LogP contribution in [0, 0.1) is 5.92 Å². The van der Waals surface area contributed by atoms with Crippen LogP contribution < -0.4 is 10.5 Å². The van der Waals surface area contributed by atoms with Crippen LogP contribution in [0.15, 0.2) is 18.2 Å². The molecule has 1 aliphatic carbocycles. The molecule has 1 aromatic rings. The summed E-state index contributed by atoms with van der Waals surface area (Å²) in [5.41, 5.74) is 6.99. The molecule has 0 saturated heterocycles. The zero-order chi connectivity index (χ0) is 12.4. The molecule has 0 bridgehead atoms. The molecule has 1 atom stereocenters. The number of hydrogen-bond acceptors (Lipinski definition) is 4. The molecule has 0 radical (unpaired) electrons. The molecular formula is C13H17NO3. The average Bonchev–Trinajstić information content (AvgIpc) is 2.17. The maximum atomic E-state index is 10.8. The van der Waals surface area contributed by atoms with E-state index in [1.807, 2.05) is 0 Å². The van der Waals surface area contributed by atoms with Gasteiger partial charge in [-0.2, -0.15) is 0 Å². The van der Waals surface area contributed by atoms with Crippen molar-refractivity contribution in [2.24, 2.45) is 11.7 Å².